The topological polar surface area (TPSA) is 76.1 Å². The number of hydrogen-bond acceptors (Lipinski definition) is 5. The Bertz CT molecular complexity index is 1260. The molecule has 1 unspecified atom stereocenters. The number of carbonyl (C=O) groups is 1. The lowest BCUT2D eigenvalue weighted by molar-refractivity contribution is 0.0941. The summed E-state index contributed by atoms with van der Waals surface area (Å²) < 4.78 is 23.7. The molecule has 1 aliphatic heterocycles. The first-order valence-corrected chi connectivity index (χ1v) is 12.9. The number of carbonyl (C=O) groups excluding carboxylic acids is 1. The van der Waals surface area contributed by atoms with Gasteiger partial charge in [-0.25, -0.2) is 13.4 Å². The van der Waals surface area contributed by atoms with Crippen molar-refractivity contribution in [3.8, 4) is 0 Å². The summed E-state index contributed by atoms with van der Waals surface area (Å²) in [5, 5.41) is 5.87. The van der Waals surface area contributed by atoms with E-state index in [2.05, 4.69) is 22.8 Å². The van der Waals surface area contributed by atoms with Crippen LogP contribution < -0.4 is 5.32 Å². The first kappa shape index (κ1) is 19.5. The molecule has 3 aromatic rings. The van der Waals surface area contributed by atoms with E-state index in [1.165, 1.54) is 4.88 Å². The maximum absolute atomic E-state index is 13.4. The standard InChI is InChI=1S/C23H22N2O3S2/c26-23(24-16-10-12-30(27,28)14-16)21-18-7-1-2-9-20(18)25-22-15(5-3-8-19(21)22)13-17-6-4-11-29-17/h1-2,4,6-7,9,11,13,16H,3,5,8,10,12,14H2,(H,24,26)/b15-13+. The Morgan fingerprint density at radius 1 is 1.17 bits per heavy atom. The van der Waals surface area contributed by atoms with Gasteiger partial charge in [-0.2, -0.15) is 0 Å². The SMILES string of the molecule is O=C(NC1CCS(=O)(=O)C1)c1c2c(nc3ccccc13)/C(=C/c1cccs1)CCC2. The van der Waals surface area contributed by atoms with Gasteiger partial charge in [0.1, 0.15) is 0 Å². The van der Waals surface area contributed by atoms with Crippen molar-refractivity contribution >= 4 is 49.6 Å². The van der Waals surface area contributed by atoms with Crippen LogP contribution in [0.15, 0.2) is 41.8 Å². The van der Waals surface area contributed by atoms with E-state index in [0.717, 1.165) is 47.0 Å². The van der Waals surface area contributed by atoms with Gasteiger partial charge >= 0.3 is 0 Å². The minimum absolute atomic E-state index is 0.0213. The Labute approximate surface area is 179 Å². The zero-order valence-corrected chi connectivity index (χ0v) is 18.1. The molecule has 154 valence electrons. The average molecular weight is 439 g/mol. The van der Waals surface area contributed by atoms with E-state index in [-0.39, 0.29) is 23.5 Å². The number of nitrogens with zero attached hydrogens (tertiary/aromatic N) is 1. The summed E-state index contributed by atoms with van der Waals surface area (Å²) in [6.07, 6.45) is 5.33. The van der Waals surface area contributed by atoms with E-state index in [0.29, 0.717) is 12.0 Å². The molecule has 5 rings (SSSR count). The summed E-state index contributed by atoms with van der Waals surface area (Å²) in [7, 11) is -3.06. The maximum atomic E-state index is 13.4. The summed E-state index contributed by atoms with van der Waals surface area (Å²) in [5.41, 5.74) is 4.47. The van der Waals surface area contributed by atoms with Gasteiger partial charge < -0.3 is 5.32 Å². The monoisotopic (exact) mass is 438 g/mol. The van der Waals surface area contributed by atoms with Crippen molar-refractivity contribution in [1.29, 1.82) is 0 Å². The molecule has 0 saturated carbocycles. The van der Waals surface area contributed by atoms with E-state index in [1.807, 2.05) is 30.3 Å². The number of thiophene rings is 1. The van der Waals surface area contributed by atoms with Crippen LogP contribution in [0.5, 0.6) is 0 Å². The van der Waals surface area contributed by atoms with E-state index in [1.54, 1.807) is 11.3 Å². The maximum Gasteiger partial charge on any atom is 0.252 e. The third-order valence-electron chi connectivity index (χ3n) is 5.82. The predicted molar refractivity (Wildman–Crippen MR) is 121 cm³/mol. The number of sulfone groups is 1. The fourth-order valence-electron chi connectivity index (χ4n) is 4.45. The summed E-state index contributed by atoms with van der Waals surface area (Å²) in [4.78, 5) is 19.5. The second-order valence-electron chi connectivity index (χ2n) is 7.94. The van der Waals surface area contributed by atoms with Crippen LogP contribution in [-0.2, 0) is 16.3 Å². The smallest absolute Gasteiger partial charge is 0.252 e. The molecule has 0 bridgehead atoms. The molecule has 1 N–H and O–H groups in total. The number of benzene rings is 1. The van der Waals surface area contributed by atoms with Gasteiger partial charge in [0.05, 0.1) is 28.3 Å². The number of allylic oxidation sites excluding steroid dienone is 1. The molecule has 1 fully saturated rings. The Morgan fingerprint density at radius 3 is 2.80 bits per heavy atom. The van der Waals surface area contributed by atoms with E-state index in [4.69, 9.17) is 4.98 Å². The lowest BCUT2D eigenvalue weighted by Gasteiger charge is -2.23. The van der Waals surface area contributed by atoms with Crippen LogP contribution in [0.1, 0.15) is 45.8 Å². The lowest BCUT2D eigenvalue weighted by Crippen LogP contribution is -2.36. The number of rotatable bonds is 3. The Balaban J connectivity index is 1.61. The minimum Gasteiger partial charge on any atom is -0.348 e. The molecule has 2 aromatic heterocycles. The molecule has 2 aliphatic rings. The Morgan fingerprint density at radius 2 is 2.03 bits per heavy atom. The van der Waals surface area contributed by atoms with Gasteiger partial charge in [0, 0.05) is 16.3 Å². The van der Waals surface area contributed by atoms with Crippen LogP contribution in [0.4, 0.5) is 0 Å². The molecule has 5 nitrogen and oxygen atoms in total. The largest absolute Gasteiger partial charge is 0.348 e. The second kappa shape index (κ2) is 7.63. The molecular formula is C23H22N2O3S2. The Kier molecular flexibility index (Phi) is 4.95. The van der Waals surface area contributed by atoms with Crippen LogP contribution >= 0.6 is 11.3 Å². The normalized spacial score (nSPS) is 21.6. The number of nitrogens with one attached hydrogen (secondary N) is 1. The van der Waals surface area contributed by atoms with Gasteiger partial charge in [-0.1, -0.05) is 24.3 Å². The molecule has 7 heteroatoms. The highest BCUT2D eigenvalue weighted by molar-refractivity contribution is 7.91. The highest BCUT2D eigenvalue weighted by atomic mass is 32.2. The van der Waals surface area contributed by atoms with Crippen LogP contribution in [0.25, 0.3) is 22.6 Å². The van der Waals surface area contributed by atoms with Crippen LogP contribution in [-0.4, -0.2) is 36.9 Å². The van der Waals surface area contributed by atoms with Crippen molar-refractivity contribution in [2.45, 2.75) is 31.7 Å². The molecule has 3 heterocycles. The summed E-state index contributed by atoms with van der Waals surface area (Å²) >= 11 is 1.69. The van der Waals surface area contributed by atoms with Gasteiger partial charge in [0.25, 0.3) is 5.91 Å². The van der Waals surface area contributed by atoms with Crippen molar-refractivity contribution in [2.75, 3.05) is 11.5 Å². The van der Waals surface area contributed by atoms with Crippen molar-refractivity contribution in [1.82, 2.24) is 10.3 Å². The quantitative estimate of drug-likeness (QED) is 0.668. The molecular weight excluding hydrogens is 416 g/mol. The van der Waals surface area contributed by atoms with Gasteiger partial charge in [-0.05, 0) is 60.4 Å². The molecule has 1 amide bonds. The summed E-state index contributed by atoms with van der Waals surface area (Å²) in [6, 6.07) is 11.5. The van der Waals surface area contributed by atoms with E-state index < -0.39 is 9.84 Å². The number of pyridine rings is 1. The molecule has 1 aliphatic carbocycles. The molecule has 1 aromatic carbocycles. The first-order valence-electron chi connectivity index (χ1n) is 10.2. The van der Waals surface area contributed by atoms with Gasteiger partial charge in [-0.15, -0.1) is 11.3 Å². The highest BCUT2D eigenvalue weighted by Crippen LogP contribution is 2.36. The highest BCUT2D eigenvalue weighted by Gasteiger charge is 2.31. The average Bonchev–Trinajstić information content (AvgIpc) is 3.35. The number of hydrogen-bond donors (Lipinski definition) is 1. The van der Waals surface area contributed by atoms with Gasteiger partial charge in [0.2, 0.25) is 0 Å². The molecule has 0 radical (unpaired) electrons. The van der Waals surface area contributed by atoms with Crippen LogP contribution in [0, 0.1) is 0 Å². The third-order valence-corrected chi connectivity index (χ3v) is 8.41. The predicted octanol–water partition coefficient (Wildman–Crippen LogP) is 4.09. The molecule has 1 saturated heterocycles. The fraction of sp³-hybridized carbons (Fsp3) is 0.304. The zero-order valence-electron chi connectivity index (χ0n) is 16.4. The third kappa shape index (κ3) is 3.68. The van der Waals surface area contributed by atoms with E-state index in [9.17, 15) is 13.2 Å². The van der Waals surface area contributed by atoms with Crippen molar-refractivity contribution in [3.63, 3.8) is 0 Å². The molecule has 1 atom stereocenters. The Hall–Kier alpha value is -2.51. The van der Waals surface area contributed by atoms with Crippen molar-refractivity contribution < 1.29 is 13.2 Å². The lowest BCUT2D eigenvalue weighted by atomic mass is 9.86. The number of amides is 1. The van der Waals surface area contributed by atoms with Gasteiger partial charge in [-0.3, -0.25) is 4.79 Å². The molecule has 0 spiro atoms. The van der Waals surface area contributed by atoms with Crippen molar-refractivity contribution in [2.24, 2.45) is 0 Å². The second-order valence-corrected chi connectivity index (χ2v) is 11.2. The minimum atomic E-state index is -3.06. The number of para-hydroxylation sites is 1. The number of fused-ring (bicyclic) bond motifs is 2. The summed E-state index contributed by atoms with van der Waals surface area (Å²) in [6.45, 7) is 0. The summed E-state index contributed by atoms with van der Waals surface area (Å²) in [5.74, 6) is -0.0294. The first-order chi connectivity index (χ1) is 14.5. The van der Waals surface area contributed by atoms with Gasteiger partial charge in [0.15, 0.2) is 9.84 Å². The van der Waals surface area contributed by atoms with E-state index >= 15 is 0 Å². The molecule has 30 heavy (non-hydrogen) atoms. The number of aromatic nitrogens is 1. The van der Waals surface area contributed by atoms with Crippen molar-refractivity contribution in [3.05, 3.63) is 63.5 Å². The fourth-order valence-corrected chi connectivity index (χ4v) is 6.80. The van der Waals surface area contributed by atoms with Crippen LogP contribution in [0.2, 0.25) is 0 Å². The van der Waals surface area contributed by atoms with Crippen LogP contribution in [0.3, 0.4) is 0 Å². The zero-order chi connectivity index (χ0) is 20.7.